The van der Waals surface area contributed by atoms with E-state index < -0.39 is 6.10 Å². The van der Waals surface area contributed by atoms with E-state index >= 15 is 0 Å². The third kappa shape index (κ3) is 3.79. The first kappa shape index (κ1) is 12.5. The number of hydrogen-bond acceptors (Lipinski definition) is 3. The maximum absolute atomic E-state index is 9.85. The number of aliphatic hydroxyl groups excluding tert-OH is 1. The lowest BCUT2D eigenvalue weighted by molar-refractivity contribution is 0.108. The Balaban J connectivity index is 1.82. The highest BCUT2D eigenvalue weighted by molar-refractivity contribution is 5.26. The zero-order valence-electron chi connectivity index (χ0n) is 9.99. The SMILES string of the molecule is Oc1ccc(CC(O)COc2ccccc2)cc1. The van der Waals surface area contributed by atoms with E-state index in [1.807, 2.05) is 30.3 Å². The highest BCUT2D eigenvalue weighted by Gasteiger charge is 2.06. The normalized spacial score (nSPS) is 12.1. The van der Waals surface area contributed by atoms with Gasteiger partial charge in [-0.05, 0) is 29.8 Å². The van der Waals surface area contributed by atoms with Gasteiger partial charge in [-0.2, -0.15) is 0 Å². The van der Waals surface area contributed by atoms with Crippen LogP contribution in [-0.2, 0) is 6.42 Å². The average Bonchev–Trinajstić information content (AvgIpc) is 2.40. The number of aliphatic hydroxyl groups is 1. The standard InChI is InChI=1S/C15H16O3/c16-13-8-6-12(7-9-13)10-14(17)11-18-15-4-2-1-3-5-15/h1-9,14,16-17H,10-11H2. The van der Waals surface area contributed by atoms with Gasteiger partial charge in [0.25, 0.3) is 0 Å². The minimum Gasteiger partial charge on any atom is -0.508 e. The van der Waals surface area contributed by atoms with Crippen molar-refractivity contribution in [1.29, 1.82) is 0 Å². The number of benzene rings is 2. The second-order valence-electron chi connectivity index (χ2n) is 4.15. The Morgan fingerprint density at radius 3 is 2.28 bits per heavy atom. The Hall–Kier alpha value is -2.00. The van der Waals surface area contributed by atoms with Crippen LogP contribution in [0.5, 0.6) is 11.5 Å². The summed E-state index contributed by atoms with van der Waals surface area (Å²) in [5, 5.41) is 19.0. The molecule has 94 valence electrons. The summed E-state index contributed by atoms with van der Waals surface area (Å²) in [4.78, 5) is 0. The largest absolute Gasteiger partial charge is 0.508 e. The van der Waals surface area contributed by atoms with E-state index in [0.29, 0.717) is 6.42 Å². The molecule has 2 N–H and O–H groups in total. The van der Waals surface area contributed by atoms with Crippen LogP contribution in [0.4, 0.5) is 0 Å². The van der Waals surface area contributed by atoms with Gasteiger partial charge in [0, 0.05) is 6.42 Å². The molecule has 0 saturated carbocycles. The van der Waals surface area contributed by atoms with E-state index in [1.165, 1.54) is 0 Å². The number of rotatable bonds is 5. The van der Waals surface area contributed by atoms with Gasteiger partial charge in [-0.15, -0.1) is 0 Å². The van der Waals surface area contributed by atoms with E-state index in [2.05, 4.69) is 0 Å². The van der Waals surface area contributed by atoms with E-state index in [4.69, 9.17) is 9.84 Å². The fraction of sp³-hybridized carbons (Fsp3) is 0.200. The van der Waals surface area contributed by atoms with Crippen LogP contribution in [0, 0.1) is 0 Å². The predicted octanol–water partition coefficient (Wildman–Crippen LogP) is 2.37. The third-order valence-electron chi connectivity index (χ3n) is 2.59. The van der Waals surface area contributed by atoms with Crippen LogP contribution in [0.3, 0.4) is 0 Å². The fourth-order valence-electron chi connectivity index (χ4n) is 1.67. The molecule has 0 spiro atoms. The van der Waals surface area contributed by atoms with Crippen molar-refractivity contribution in [3.8, 4) is 11.5 Å². The maximum Gasteiger partial charge on any atom is 0.119 e. The van der Waals surface area contributed by atoms with Gasteiger partial charge < -0.3 is 14.9 Å². The summed E-state index contributed by atoms with van der Waals surface area (Å²) >= 11 is 0. The molecule has 3 nitrogen and oxygen atoms in total. The molecule has 0 amide bonds. The third-order valence-corrected chi connectivity index (χ3v) is 2.59. The van der Waals surface area contributed by atoms with Gasteiger partial charge in [0.15, 0.2) is 0 Å². The molecule has 0 aliphatic heterocycles. The molecule has 0 saturated heterocycles. The molecule has 0 radical (unpaired) electrons. The van der Waals surface area contributed by atoms with Gasteiger partial charge in [0.05, 0.1) is 6.10 Å². The first-order valence-electron chi connectivity index (χ1n) is 5.88. The summed E-state index contributed by atoms with van der Waals surface area (Å²) in [6, 6.07) is 16.2. The molecule has 3 heteroatoms. The molecule has 2 rings (SSSR count). The Morgan fingerprint density at radius 2 is 1.61 bits per heavy atom. The summed E-state index contributed by atoms with van der Waals surface area (Å²) in [7, 11) is 0. The second kappa shape index (κ2) is 6.07. The van der Waals surface area contributed by atoms with E-state index in [9.17, 15) is 5.11 Å². The van der Waals surface area contributed by atoms with Gasteiger partial charge in [-0.25, -0.2) is 0 Å². The van der Waals surface area contributed by atoms with Crippen molar-refractivity contribution in [3.63, 3.8) is 0 Å². The van der Waals surface area contributed by atoms with Crippen molar-refractivity contribution >= 4 is 0 Å². The first-order chi connectivity index (χ1) is 8.74. The molecule has 0 aliphatic rings. The van der Waals surface area contributed by atoms with Crippen molar-refractivity contribution in [2.75, 3.05) is 6.61 Å². The highest BCUT2D eigenvalue weighted by atomic mass is 16.5. The number of para-hydroxylation sites is 1. The van der Waals surface area contributed by atoms with Gasteiger partial charge >= 0.3 is 0 Å². The topological polar surface area (TPSA) is 49.7 Å². The Morgan fingerprint density at radius 1 is 0.944 bits per heavy atom. The van der Waals surface area contributed by atoms with Crippen LogP contribution in [0.25, 0.3) is 0 Å². The van der Waals surface area contributed by atoms with Crippen LogP contribution in [-0.4, -0.2) is 22.9 Å². The zero-order chi connectivity index (χ0) is 12.8. The highest BCUT2D eigenvalue weighted by Crippen LogP contribution is 2.13. The number of aromatic hydroxyl groups is 1. The van der Waals surface area contributed by atoms with Gasteiger partial charge in [-0.3, -0.25) is 0 Å². The van der Waals surface area contributed by atoms with Crippen molar-refractivity contribution in [2.24, 2.45) is 0 Å². The lowest BCUT2D eigenvalue weighted by Gasteiger charge is -2.12. The lowest BCUT2D eigenvalue weighted by atomic mass is 10.1. The minimum atomic E-state index is -0.560. The average molecular weight is 244 g/mol. The smallest absolute Gasteiger partial charge is 0.119 e. The Bertz CT molecular complexity index is 465. The molecular formula is C15H16O3. The van der Waals surface area contributed by atoms with E-state index in [1.54, 1.807) is 24.3 Å². The van der Waals surface area contributed by atoms with Crippen LogP contribution < -0.4 is 4.74 Å². The maximum atomic E-state index is 9.85. The van der Waals surface area contributed by atoms with Crippen LogP contribution in [0.1, 0.15) is 5.56 Å². The molecule has 1 atom stereocenters. The number of phenols is 1. The van der Waals surface area contributed by atoms with Gasteiger partial charge in [-0.1, -0.05) is 30.3 Å². The van der Waals surface area contributed by atoms with Crippen LogP contribution in [0.15, 0.2) is 54.6 Å². The molecule has 0 fully saturated rings. The molecule has 18 heavy (non-hydrogen) atoms. The predicted molar refractivity (Wildman–Crippen MR) is 69.8 cm³/mol. The molecule has 2 aromatic rings. The number of ether oxygens (including phenoxy) is 1. The van der Waals surface area contributed by atoms with Crippen molar-refractivity contribution in [1.82, 2.24) is 0 Å². The molecule has 0 aromatic heterocycles. The van der Waals surface area contributed by atoms with Crippen molar-refractivity contribution in [2.45, 2.75) is 12.5 Å². The monoisotopic (exact) mass is 244 g/mol. The molecule has 1 unspecified atom stereocenters. The summed E-state index contributed by atoms with van der Waals surface area (Å²) in [6.07, 6.45) is -0.0534. The van der Waals surface area contributed by atoms with Crippen molar-refractivity contribution in [3.05, 3.63) is 60.2 Å². The second-order valence-corrected chi connectivity index (χ2v) is 4.15. The lowest BCUT2D eigenvalue weighted by Crippen LogP contribution is -2.20. The van der Waals surface area contributed by atoms with Gasteiger partial charge in [0.2, 0.25) is 0 Å². The van der Waals surface area contributed by atoms with Gasteiger partial charge in [0.1, 0.15) is 18.1 Å². The Kier molecular flexibility index (Phi) is 4.20. The number of hydrogen-bond donors (Lipinski definition) is 2. The Labute approximate surface area is 106 Å². The quantitative estimate of drug-likeness (QED) is 0.849. The fourth-order valence-corrected chi connectivity index (χ4v) is 1.67. The zero-order valence-corrected chi connectivity index (χ0v) is 9.99. The molecule has 0 aliphatic carbocycles. The summed E-state index contributed by atoms with van der Waals surface area (Å²) in [5.74, 6) is 0.982. The summed E-state index contributed by atoms with van der Waals surface area (Å²) in [6.45, 7) is 0.255. The van der Waals surface area contributed by atoms with E-state index in [-0.39, 0.29) is 12.4 Å². The summed E-state index contributed by atoms with van der Waals surface area (Å²) in [5.41, 5.74) is 0.969. The first-order valence-corrected chi connectivity index (χ1v) is 5.88. The molecule has 2 aromatic carbocycles. The molecule has 0 bridgehead atoms. The van der Waals surface area contributed by atoms with E-state index in [0.717, 1.165) is 11.3 Å². The molecular weight excluding hydrogens is 228 g/mol. The van der Waals surface area contributed by atoms with Crippen LogP contribution >= 0.6 is 0 Å². The summed E-state index contributed by atoms with van der Waals surface area (Å²) < 4.78 is 5.46. The minimum absolute atomic E-state index is 0.230. The molecule has 0 heterocycles. The van der Waals surface area contributed by atoms with Crippen LogP contribution in [0.2, 0.25) is 0 Å². The number of phenolic OH excluding ortho intramolecular Hbond substituents is 1. The van der Waals surface area contributed by atoms with Crippen molar-refractivity contribution < 1.29 is 14.9 Å².